The van der Waals surface area contributed by atoms with Crippen LogP contribution in [-0.4, -0.2) is 19.3 Å². The van der Waals surface area contributed by atoms with E-state index in [2.05, 4.69) is 40.2 Å². The van der Waals surface area contributed by atoms with Crippen LogP contribution < -0.4 is 5.46 Å². The SMILES string of the molecule is CC1(C)COB(c2ccc(CBr)cc2)O1. The molecule has 2 rings (SSSR count). The lowest BCUT2D eigenvalue weighted by Gasteiger charge is -2.15. The zero-order valence-corrected chi connectivity index (χ0v) is 10.6. The van der Waals surface area contributed by atoms with Gasteiger partial charge < -0.3 is 9.31 Å². The van der Waals surface area contributed by atoms with E-state index in [1.807, 2.05) is 13.8 Å². The summed E-state index contributed by atoms with van der Waals surface area (Å²) in [6, 6.07) is 8.29. The second-order valence-corrected chi connectivity index (χ2v) is 4.96. The van der Waals surface area contributed by atoms with Gasteiger partial charge in [-0.2, -0.15) is 0 Å². The van der Waals surface area contributed by atoms with Crippen LogP contribution in [0.5, 0.6) is 0 Å². The molecule has 4 heteroatoms. The summed E-state index contributed by atoms with van der Waals surface area (Å²) < 4.78 is 11.4. The van der Waals surface area contributed by atoms with Crippen LogP contribution in [0.25, 0.3) is 0 Å². The molecule has 1 aromatic rings. The van der Waals surface area contributed by atoms with Gasteiger partial charge >= 0.3 is 7.12 Å². The smallest absolute Gasteiger partial charge is 0.404 e. The van der Waals surface area contributed by atoms with Gasteiger partial charge in [-0.05, 0) is 24.9 Å². The van der Waals surface area contributed by atoms with E-state index in [1.165, 1.54) is 5.56 Å². The van der Waals surface area contributed by atoms with Crippen molar-refractivity contribution in [1.29, 1.82) is 0 Å². The van der Waals surface area contributed by atoms with Gasteiger partial charge in [-0.1, -0.05) is 40.2 Å². The molecule has 1 fully saturated rings. The Hall–Kier alpha value is -0.315. The van der Waals surface area contributed by atoms with Gasteiger partial charge in [-0.25, -0.2) is 0 Å². The van der Waals surface area contributed by atoms with Crippen molar-refractivity contribution in [3.63, 3.8) is 0 Å². The summed E-state index contributed by atoms with van der Waals surface area (Å²) in [6.07, 6.45) is 0. The Morgan fingerprint density at radius 3 is 2.47 bits per heavy atom. The first kappa shape index (κ1) is 11.2. The summed E-state index contributed by atoms with van der Waals surface area (Å²) in [4.78, 5) is 0. The Kier molecular flexibility index (Phi) is 3.19. The number of rotatable bonds is 2. The zero-order valence-electron chi connectivity index (χ0n) is 9.00. The average Bonchev–Trinajstić information content (AvgIpc) is 2.59. The van der Waals surface area contributed by atoms with E-state index >= 15 is 0 Å². The third-order valence-corrected chi connectivity index (χ3v) is 3.06. The molecule has 0 amide bonds. The highest BCUT2D eigenvalue weighted by Gasteiger charge is 2.37. The summed E-state index contributed by atoms with van der Waals surface area (Å²) in [5, 5.41) is 0.880. The predicted molar refractivity (Wildman–Crippen MR) is 65.6 cm³/mol. The Bertz CT molecular complexity index is 337. The van der Waals surface area contributed by atoms with E-state index in [-0.39, 0.29) is 12.7 Å². The Balaban J connectivity index is 2.11. The summed E-state index contributed by atoms with van der Waals surface area (Å²) in [5.74, 6) is 0. The second kappa shape index (κ2) is 4.28. The minimum atomic E-state index is -0.204. The topological polar surface area (TPSA) is 18.5 Å². The van der Waals surface area contributed by atoms with Crippen molar-refractivity contribution in [2.45, 2.75) is 24.8 Å². The third kappa shape index (κ3) is 2.62. The lowest BCUT2D eigenvalue weighted by atomic mass is 9.79. The minimum absolute atomic E-state index is 0.168. The van der Waals surface area contributed by atoms with Crippen molar-refractivity contribution < 1.29 is 9.31 Å². The minimum Gasteiger partial charge on any atom is -0.404 e. The summed E-state index contributed by atoms with van der Waals surface area (Å²) in [6.45, 7) is 4.73. The monoisotopic (exact) mass is 268 g/mol. The van der Waals surface area contributed by atoms with E-state index < -0.39 is 0 Å². The number of benzene rings is 1. The van der Waals surface area contributed by atoms with Crippen molar-refractivity contribution in [1.82, 2.24) is 0 Å². The zero-order chi connectivity index (χ0) is 10.9. The van der Waals surface area contributed by atoms with Gasteiger partial charge in [-0.15, -0.1) is 0 Å². The molecule has 0 radical (unpaired) electrons. The van der Waals surface area contributed by atoms with E-state index in [9.17, 15) is 0 Å². The first-order valence-electron chi connectivity index (χ1n) is 5.05. The summed E-state index contributed by atoms with van der Waals surface area (Å²) in [5.41, 5.74) is 2.18. The quantitative estimate of drug-likeness (QED) is 0.604. The van der Waals surface area contributed by atoms with Crippen molar-refractivity contribution >= 4 is 28.5 Å². The van der Waals surface area contributed by atoms with Gasteiger partial charge in [0.1, 0.15) is 0 Å². The van der Waals surface area contributed by atoms with Crippen molar-refractivity contribution in [3.05, 3.63) is 29.8 Å². The van der Waals surface area contributed by atoms with Gasteiger partial charge in [0, 0.05) is 5.33 Å². The molecule has 1 heterocycles. The maximum atomic E-state index is 5.77. The Labute approximate surface area is 99.2 Å². The summed E-state index contributed by atoms with van der Waals surface area (Å²) >= 11 is 3.42. The summed E-state index contributed by atoms with van der Waals surface area (Å²) in [7, 11) is -0.204. The first-order valence-corrected chi connectivity index (χ1v) is 6.17. The lowest BCUT2D eigenvalue weighted by molar-refractivity contribution is 0.137. The number of hydrogen-bond donors (Lipinski definition) is 0. The van der Waals surface area contributed by atoms with E-state index in [0.717, 1.165) is 10.8 Å². The number of hydrogen-bond acceptors (Lipinski definition) is 2. The molecule has 80 valence electrons. The fraction of sp³-hybridized carbons (Fsp3) is 0.455. The molecule has 2 nitrogen and oxygen atoms in total. The highest BCUT2D eigenvalue weighted by atomic mass is 79.9. The molecule has 1 aliphatic rings. The van der Waals surface area contributed by atoms with Crippen LogP contribution in [-0.2, 0) is 14.6 Å². The first-order chi connectivity index (χ1) is 7.11. The number of halogens is 1. The molecule has 0 aliphatic carbocycles. The molecule has 0 saturated carbocycles. The molecule has 1 aromatic carbocycles. The predicted octanol–water partition coefficient (Wildman–Crippen LogP) is 2.10. The Morgan fingerprint density at radius 1 is 1.33 bits per heavy atom. The fourth-order valence-corrected chi connectivity index (χ4v) is 1.94. The van der Waals surface area contributed by atoms with Gasteiger partial charge in [0.15, 0.2) is 0 Å². The largest absolute Gasteiger partial charge is 0.494 e. The molecular weight excluding hydrogens is 255 g/mol. The Morgan fingerprint density at radius 2 is 2.00 bits per heavy atom. The molecule has 1 aliphatic heterocycles. The van der Waals surface area contributed by atoms with Gasteiger partial charge in [0.05, 0.1) is 12.2 Å². The highest BCUT2D eigenvalue weighted by molar-refractivity contribution is 9.08. The third-order valence-electron chi connectivity index (χ3n) is 2.41. The van der Waals surface area contributed by atoms with Crippen LogP contribution in [0.4, 0.5) is 0 Å². The lowest BCUT2D eigenvalue weighted by Crippen LogP contribution is -2.34. The normalized spacial score (nSPS) is 19.5. The molecule has 0 unspecified atom stereocenters. The molecule has 0 bridgehead atoms. The van der Waals surface area contributed by atoms with E-state index in [1.54, 1.807) is 0 Å². The van der Waals surface area contributed by atoms with Crippen LogP contribution in [0.1, 0.15) is 19.4 Å². The van der Waals surface area contributed by atoms with Crippen molar-refractivity contribution in [3.8, 4) is 0 Å². The van der Waals surface area contributed by atoms with Crippen LogP contribution in [0.2, 0.25) is 0 Å². The van der Waals surface area contributed by atoms with Crippen LogP contribution in [0, 0.1) is 0 Å². The molecule has 0 atom stereocenters. The molecule has 15 heavy (non-hydrogen) atoms. The highest BCUT2D eigenvalue weighted by Crippen LogP contribution is 2.19. The van der Waals surface area contributed by atoms with Crippen LogP contribution in [0.15, 0.2) is 24.3 Å². The van der Waals surface area contributed by atoms with E-state index in [4.69, 9.17) is 9.31 Å². The maximum absolute atomic E-state index is 5.77. The van der Waals surface area contributed by atoms with Crippen molar-refractivity contribution in [2.24, 2.45) is 0 Å². The van der Waals surface area contributed by atoms with Gasteiger partial charge in [-0.3, -0.25) is 0 Å². The maximum Gasteiger partial charge on any atom is 0.494 e. The molecular formula is C11H14BBrO2. The van der Waals surface area contributed by atoms with Gasteiger partial charge in [0.25, 0.3) is 0 Å². The fourth-order valence-electron chi connectivity index (χ4n) is 1.56. The molecule has 0 aromatic heterocycles. The second-order valence-electron chi connectivity index (χ2n) is 4.40. The van der Waals surface area contributed by atoms with Gasteiger partial charge in [0.2, 0.25) is 0 Å². The van der Waals surface area contributed by atoms with E-state index in [0.29, 0.717) is 6.61 Å². The van der Waals surface area contributed by atoms with Crippen LogP contribution in [0.3, 0.4) is 0 Å². The molecule has 1 saturated heterocycles. The standard InChI is InChI=1S/C11H14BBrO2/c1-11(2)8-14-12(15-11)10-5-3-9(7-13)4-6-10/h3-6H,7-8H2,1-2H3. The van der Waals surface area contributed by atoms with Crippen LogP contribution >= 0.6 is 15.9 Å². The number of alkyl halides is 1. The van der Waals surface area contributed by atoms with Crippen molar-refractivity contribution in [2.75, 3.05) is 6.61 Å². The average molecular weight is 269 g/mol. The molecule has 0 spiro atoms. The molecule has 0 N–H and O–H groups in total.